The van der Waals surface area contributed by atoms with Gasteiger partial charge in [-0.1, -0.05) is 48.6 Å². The zero-order valence-electron chi connectivity index (χ0n) is 10.1. The number of rotatable bonds is 1. The van der Waals surface area contributed by atoms with E-state index in [4.69, 9.17) is 0 Å². The third-order valence-electron chi connectivity index (χ3n) is 4.00. The van der Waals surface area contributed by atoms with Crippen LogP contribution in [-0.2, 0) is 5.41 Å². The molecule has 2 aromatic rings. The molecule has 1 unspecified atom stereocenters. The molecule has 0 radical (unpaired) electrons. The Morgan fingerprint density at radius 3 is 2.47 bits per heavy atom. The molecule has 0 saturated heterocycles. The Morgan fingerprint density at radius 2 is 1.82 bits per heavy atom. The number of Topliss-reactive ketones (excluding diaryl/α,β-unsaturated/α-hetero) is 1. The Balaban J connectivity index is 2.51. The van der Waals surface area contributed by atoms with Crippen LogP contribution >= 0.6 is 0 Å². The van der Waals surface area contributed by atoms with E-state index in [1.54, 1.807) is 0 Å². The lowest BCUT2D eigenvalue weighted by molar-refractivity contribution is 0.0931. The van der Waals surface area contributed by atoms with Crippen molar-refractivity contribution in [1.29, 1.82) is 0 Å². The highest BCUT2D eigenvalue weighted by molar-refractivity contribution is 6.21. The summed E-state index contributed by atoms with van der Waals surface area (Å²) < 4.78 is 0. The van der Waals surface area contributed by atoms with E-state index in [9.17, 15) is 4.79 Å². The van der Waals surface area contributed by atoms with E-state index in [2.05, 4.69) is 18.7 Å². The standard InChI is InChI=1S/C16H14O/c1-10(2)16(3)13-9-5-7-11-6-4-8-12(14(11)13)15(16)17/h4-9H,1H2,2-3H3. The van der Waals surface area contributed by atoms with Gasteiger partial charge in [0.25, 0.3) is 0 Å². The topological polar surface area (TPSA) is 17.1 Å². The van der Waals surface area contributed by atoms with E-state index in [0.29, 0.717) is 0 Å². The lowest BCUT2D eigenvalue weighted by Gasteiger charge is -2.24. The van der Waals surface area contributed by atoms with Crippen LogP contribution in [0.5, 0.6) is 0 Å². The van der Waals surface area contributed by atoms with Crippen molar-refractivity contribution in [2.24, 2.45) is 0 Å². The fourth-order valence-electron chi connectivity index (χ4n) is 2.76. The molecular formula is C16H14O. The second-order valence-corrected chi connectivity index (χ2v) is 4.94. The largest absolute Gasteiger partial charge is 0.293 e. The van der Waals surface area contributed by atoms with Gasteiger partial charge in [-0.3, -0.25) is 4.79 Å². The van der Waals surface area contributed by atoms with Crippen molar-refractivity contribution in [3.05, 3.63) is 59.7 Å². The van der Waals surface area contributed by atoms with E-state index in [1.165, 1.54) is 0 Å². The summed E-state index contributed by atoms with van der Waals surface area (Å²) in [4.78, 5) is 12.6. The first-order valence-corrected chi connectivity index (χ1v) is 5.80. The highest BCUT2D eigenvalue weighted by atomic mass is 16.1. The Bertz CT molecular complexity index is 661. The molecule has 0 aromatic heterocycles. The Labute approximate surface area is 101 Å². The molecular weight excluding hydrogens is 208 g/mol. The SMILES string of the molecule is C=C(C)C1(C)C(=O)c2cccc3cccc1c23. The molecule has 0 aliphatic heterocycles. The quantitative estimate of drug-likeness (QED) is 0.669. The highest BCUT2D eigenvalue weighted by Gasteiger charge is 2.43. The zero-order chi connectivity index (χ0) is 12.2. The van der Waals surface area contributed by atoms with E-state index < -0.39 is 5.41 Å². The smallest absolute Gasteiger partial charge is 0.177 e. The minimum atomic E-state index is -0.552. The third kappa shape index (κ3) is 1.06. The van der Waals surface area contributed by atoms with Crippen molar-refractivity contribution in [3.8, 4) is 0 Å². The summed E-state index contributed by atoms with van der Waals surface area (Å²) in [6, 6.07) is 12.0. The van der Waals surface area contributed by atoms with Crippen molar-refractivity contribution in [1.82, 2.24) is 0 Å². The molecule has 0 saturated carbocycles. The maximum Gasteiger partial charge on any atom is 0.177 e. The van der Waals surface area contributed by atoms with Gasteiger partial charge in [0.05, 0.1) is 5.41 Å². The van der Waals surface area contributed by atoms with Gasteiger partial charge in [-0.05, 0) is 30.2 Å². The van der Waals surface area contributed by atoms with Gasteiger partial charge in [0.2, 0.25) is 0 Å². The van der Waals surface area contributed by atoms with Crippen LogP contribution in [0.15, 0.2) is 48.6 Å². The molecule has 17 heavy (non-hydrogen) atoms. The summed E-state index contributed by atoms with van der Waals surface area (Å²) in [5, 5.41) is 2.24. The number of allylic oxidation sites excluding steroid dienone is 1. The first-order valence-electron chi connectivity index (χ1n) is 5.80. The molecule has 0 spiro atoms. The fraction of sp³-hybridized carbons (Fsp3) is 0.188. The number of ketones is 1. The monoisotopic (exact) mass is 222 g/mol. The van der Waals surface area contributed by atoms with Gasteiger partial charge in [0.1, 0.15) is 0 Å². The third-order valence-corrected chi connectivity index (χ3v) is 4.00. The molecule has 3 rings (SSSR count). The summed E-state index contributed by atoms with van der Waals surface area (Å²) in [5.74, 6) is 0.178. The average molecular weight is 222 g/mol. The number of hydrogen-bond donors (Lipinski definition) is 0. The molecule has 84 valence electrons. The first-order chi connectivity index (χ1) is 8.06. The molecule has 1 nitrogen and oxygen atoms in total. The fourth-order valence-corrected chi connectivity index (χ4v) is 2.76. The number of benzene rings is 2. The van der Waals surface area contributed by atoms with Crippen LogP contribution in [0.3, 0.4) is 0 Å². The second kappa shape index (κ2) is 3.07. The van der Waals surface area contributed by atoms with Crippen molar-refractivity contribution in [2.45, 2.75) is 19.3 Å². The van der Waals surface area contributed by atoms with E-state index >= 15 is 0 Å². The Morgan fingerprint density at radius 1 is 1.18 bits per heavy atom. The van der Waals surface area contributed by atoms with Crippen molar-refractivity contribution in [2.75, 3.05) is 0 Å². The van der Waals surface area contributed by atoms with Gasteiger partial charge < -0.3 is 0 Å². The summed E-state index contributed by atoms with van der Waals surface area (Å²) in [7, 11) is 0. The van der Waals surface area contributed by atoms with Crippen LogP contribution in [-0.4, -0.2) is 5.78 Å². The predicted octanol–water partition coefficient (Wildman–Crippen LogP) is 3.87. The summed E-state index contributed by atoms with van der Waals surface area (Å²) in [5.41, 5.74) is 2.29. The van der Waals surface area contributed by atoms with Crippen molar-refractivity contribution >= 4 is 16.6 Å². The molecule has 1 aliphatic rings. The zero-order valence-corrected chi connectivity index (χ0v) is 10.1. The molecule has 0 bridgehead atoms. The van der Waals surface area contributed by atoms with Gasteiger partial charge in [-0.25, -0.2) is 0 Å². The van der Waals surface area contributed by atoms with Gasteiger partial charge in [-0.15, -0.1) is 0 Å². The van der Waals surface area contributed by atoms with Crippen LogP contribution in [0.4, 0.5) is 0 Å². The van der Waals surface area contributed by atoms with E-state index in [-0.39, 0.29) is 5.78 Å². The number of carbonyl (C=O) groups is 1. The van der Waals surface area contributed by atoms with Gasteiger partial charge in [-0.2, -0.15) is 0 Å². The molecule has 0 N–H and O–H groups in total. The first kappa shape index (κ1) is 10.3. The Hall–Kier alpha value is -1.89. The van der Waals surface area contributed by atoms with E-state index in [1.807, 2.05) is 38.1 Å². The summed E-state index contributed by atoms with van der Waals surface area (Å²) in [6.45, 7) is 7.92. The number of carbonyl (C=O) groups excluding carboxylic acids is 1. The van der Waals surface area contributed by atoms with Crippen LogP contribution in [0.25, 0.3) is 10.8 Å². The maximum atomic E-state index is 12.6. The molecule has 1 aliphatic carbocycles. The molecule has 0 fully saturated rings. The molecule has 0 heterocycles. The number of hydrogen-bond acceptors (Lipinski definition) is 1. The van der Waals surface area contributed by atoms with Crippen LogP contribution in [0.1, 0.15) is 29.8 Å². The van der Waals surface area contributed by atoms with Crippen molar-refractivity contribution in [3.63, 3.8) is 0 Å². The summed E-state index contributed by atoms with van der Waals surface area (Å²) in [6.07, 6.45) is 0. The normalized spacial score (nSPS) is 22.1. The Kier molecular flexibility index (Phi) is 1.86. The van der Waals surface area contributed by atoms with Crippen LogP contribution in [0, 0.1) is 0 Å². The van der Waals surface area contributed by atoms with Crippen LogP contribution in [0.2, 0.25) is 0 Å². The molecule has 0 amide bonds. The lowest BCUT2D eigenvalue weighted by atomic mass is 9.77. The molecule has 2 aromatic carbocycles. The van der Waals surface area contributed by atoms with Gasteiger partial charge >= 0.3 is 0 Å². The van der Waals surface area contributed by atoms with Crippen molar-refractivity contribution < 1.29 is 4.79 Å². The maximum absolute atomic E-state index is 12.6. The molecule has 1 atom stereocenters. The molecule has 1 heteroatoms. The van der Waals surface area contributed by atoms with Gasteiger partial charge in [0.15, 0.2) is 5.78 Å². The predicted molar refractivity (Wildman–Crippen MR) is 70.4 cm³/mol. The van der Waals surface area contributed by atoms with E-state index in [0.717, 1.165) is 27.5 Å². The van der Waals surface area contributed by atoms with Crippen LogP contribution < -0.4 is 0 Å². The summed E-state index contributed by atoms with van der Waals surface area (Å²) >= 11 is 0. The van der Waals surface area contributed by atoms with Gasteiger partial charge in [0, 0.05) is 5.56 Å². The second-order valence-electron chi connectivity index (χ2n) is 4.94. The minimum absolute atomic E-state index is 0.178. The minimum Gasteiger partial charge on any atom is -0.293 e. The lowest BCUT2D eigenvalue weighted by Crippen LogP contribution is -2.29. The highest BCUT2D eigenvalue weighted by Crippen LogP contribution is 2.45. The average Bonchev–Trinajstić information content (AvgIpc) is 2.56.